The molecule has 1 aromatic rings. The Kier molecular flexibility index (Phi) is 7.55. The maximum Gasteiger partial charge on any atom is 0.410 e. The van der Waals surface area contributed by atoms with E-state index in [1.807, 2.05) is 6.07 Å². The summed E-state index contributed by atoms with van der Waals surface area (Å²) in [7, 11) is -2.11. The van der Waals surface area contributed by atoms with Crippen molar-refractivity contribution in [1.29, 1.82) is 0 Å². The van der Waals surface area contributed by atoms with E-state index in [9.17, 15) is 13.2 Å². The second-order valence-corrected chi connectivity index (χ2v) is 9.98. The average Bonchev–Trinajstić information content (AvgIpc) is 3.08. The van der Waals surface area contributed by atoms with E-state index >= 15 is 0 Å². The molecule has 7 nitrogen and oxygen atoms in total. The SMILES string of the molecule is C=C[C@@H]1C[C@H](NS(C)(=O)=O)[C@H](COC2CCC(c3ccccc3)CC2)N1C(=O)OC. The van der Waals surface area contributed by atoms with Gasteiger partial charge in [0.05, 0.1) is 38.2 Å². The molecule has 166 valence electrons. The van der Waals surface area contributed by atoms with Gasteiger partial charge in [0.2, 0.25) is 10.0 Å². The Bertz CT molecular complexity index is 821. The molecular weight excluding hydrogens is 404 g/mol. The van der Waals surface area contributed by atoms with Gasteiger partial charge in [0.1, 0.15) is 0 Å². The van der Waals surface area contributed by atoms with Crippen molar-refractivity contribution in [2.75, 3.05) is 20.0 Å². The highest BCUT2D eigenvalue weighted by Gasteiger charge is 2.44. The molecule has 0 bridgehead atoms. The van der Waals surface area contributed by atoms with Gasteiger partial charge in [0, 0.05) is 6.04 Å². The zero-order valence-corrected chi connectivity index (χ0v) is 18.5. The van der Waals surface area contributed by atoms with Crippen molar-refractivity contribution < 1.29 is 22.7 Å². The van der Waals surface area contributed by atoms with E-state index in [0.717, 1.165) is 31.9 Å². The van der Waals surface area contributed by atoms with Crippen LogP contribution in [0.15, 0.2) is 43.0 Å². The number of ether oxygens (including phenoxy) is 2. The summed E-state index contributed by atoms with van der Waals surface area (Å²) >= 11 is 0. The minimum absolute atomic E-state index is 0.103. The van der Waals surface area contributed by atoms with Crippen LogP contribution in [0.1, 0.15) is 43.6 Å². The summed E-state index contributed by atoms with van der Waals surface area (Å²) in [6, 6.07) is 9.34. The Balaban J connectivity index is 1.63. The van der Waals surface area contributed by atoms with Gasteiger partial charge < -0.3 is 9.47 Å². The second-order valence-electron chi connectivity index (χ2n) is 8.20. The molecule has 2 fully saturated rings. The lowest BCUT2D eigenvalue weighted by Crippen LogP contribution is -2.50. The molecule has 2 aliphatic rings. The van der Waals surface area contributed by atoms with Crippen molar-refractivity contribution in [2.45, 2.75) is 62.3 Å². The molecule has 1 aliphatic heterocycles. The number of sulfonamides is 1. The van der Waals surface area contributed by atoms with Gasteiger partial charge in [-0.2, -0.15) is 0 Å². The number of hydrogen-bond donors (Lipinski definition) is 1. The lowest BCUT2D eigenvalue weighted by molar-refractivity contribution is -0.00759. The third-order valence-electron chi connectivity index (χ3n) is 6.15. The van der Waals surface area contributed by atoms with Gasteiger partial charge in [-0.05, 0) is 43.6 Å². The van der Waals surface area contributed by atoms with Crippen LogP contribution in [-0.2, 0) is 19.5 Å². The monoisotopic (exact) mass is 436 g/mol. The molecule has 1 amide bonds. The summed E-state index contributed by atoms with van der Waals surface area (Å²) < 4.78 is 37.5. The number of hydrogen-bond acceptors (Lipinski definition) is 5. The third-order valence-corrected chi connectivity index (χ3v) is 6.88. The summed E-state index contributed by atoms with van der Waals surface area (Å²) in [4.78, 5) is 13.9. The highest BCUT2D eigenvalue weighted by atomic mass is 32.2. The molecule has 8 heteroatoms. The number of methoxy groups -OCH3 is 1. The molecular formula is C22H32N2O5S. The molecule has 0 spiro atoms. The van der Waals surface area contributed by atoms with E-state index in [1.54, 1.807) is 11.0 Å². The molecule has 1 aromatic carbocycles. The molecule has 3 atom stereocenters. The predicted molar refractivity (Wildman–Crippen MR) is 116 cm³/mol. The number of amides is 1. The zero-order chi connectivity index (χ0) is 21.7. The van der Waals surface area contributed by atoms with Crippen LogP contribution in [0.4, 0.5) is 4.79 Å². The summed E-state index contributed by atoms with van der Waals surface area (Å²) in [6.45, 7) is 4.05. The molecule has 1 saturated carbocycles. The predicted octanol–water partition coefficient (Wildman–Crippen LogP) is 3.04. The number of carbonyl (C=O) groups excluding carboxylic acids is 1. The van der Waals surface area contributed by atoms with E-state index in [1.165, 1.54) is 12.7 Å². The summed E-state index contributed by atoms with van der Waals surface area (Å²) in [6.07, 6.45) is 6.82. The number of nitrogens with one attached hydrogen (secondary N) is 1. The van der Waals surface area contributed by atoms with Crippen molar-refractivity contribution in [3.8, 4) is 0 Å². The largest absolute Gasteiger partial charge is 0.453 e. The number of carbonyl (C=O) groups is 1. The summed E-state index contributed by atoms with van der Waals surface area (Å²) in [5.74, 6) is 0.550. The fourth-order valence-electron chi connectivity index (χ4n) is 4.68. The van der Waals surface area contributed by atoms with Crippen molar-refractivity contribution in [3.05, 3.63) is 48.6 Å². The maximum atomic E-state index is 12.4. The third kappa shape index (κ3) is 5.62. The molecule has 0 aromatic heterocycles. The van der Waals surface area contributed by atoms with Gasteiger partial charge in [-0.25, -0.2) is 17.9 Å². The fourth-order valence-corrected chi connectivity index (χ4v) is 5.48. The van der Waals surface area contributed by atoms with Crippen LogP contribution >= 0.6 is 0 Å². The molecule has 1 saturated heterocycles. The summed E-state index contributed by atoms with van der Waals surface area (Å²) in [5, 5.41) is 0. The van der Waals surface area contributed by atoms with Crippen LogP contribution in [0.25, 0.3) is 0 Å². The number of nitrogens with zero attached hydrogens (tertiary/aromatic N) is 1. The minimum Gasteiger partial charge on any atom is -0.453 e. The number of benzene rings is 1. The fraction of sp³-hybridized carbons (Fsp3) is 0.591. The van der Waals surface area contributed by atoms with Gasteiger partial charge in [-0.15, -0.1) is 6.58 Å². The standard InChI is InChI=1S/C22H32N2O5S/c1-4-18-14-20(23-30(3,26)27)21(24(18)22(25)28-2)15-29-19-12-10-17(11-13-19)16-8-6-5-7-9-16/h4-9,17-21,23H,1,10-15H2,2-3H3/t17?,18-,19?,20+,21+/m1/s1. The van der Waals surface area contributed by atoms with Crippen molar-refractivity contribution >= 4 is 16.1 Å². The van der Waals surface area contributed by atoms with Gasteiger partial charge in [0.15, 0.2) is 0 Å². The minimum atomic E-state index is -3.43. The van der Waals surface area contributed by atoms with E-state index in [2.05, 4.69) is 35.6 Å². The van der Waals surface area contributed by atoms with Crippen molar-refractivity contribution in [3.63, 3.8) is 0 Å². The second kappa shape index (κ2) is 9.94. The van der Waals surface area contributed by atoms with Gasteiger partial charge in [-0.3, -0.25) is 4.90 Å². The maximum absolute atomic E-state index is 12.4. The topological polar surface area (TPSA) is 84.9 Å². The van der Waals surface area contributed by atoms with E-state index in [4.69, 9.17) is 9.47 Å². The normalized spacial score (nSPS) is 29.5. The lowest BCUT2D eigenvalue weighted by Gasteiger charge is -2.33. The Labute approximate surface area is 179 Å². The molecule has 0 radical (unpaired) electrons. The van der Waals surface area contributed by atoms with Gasteiger partial charge >= 0.3 is 6.09 Å². The van der Waals surface area contributed by atoms with Crippen LogP contribution in [0.5, 0.6) is 0 Å². The zero-order valence-electron chi connectivity index (χ0n) is 17.7. The van der Waals surface area contributed by atoms with E-state index in [-0.39, 0.29) is 18.8 Å². The van der Waals surface area contributed by atoms with E-state index in [0.29, 0.717) is 12.3 Å². The van der Waals surface area contributed by atoms with E-state index < -0.39 is 28.2 Å². The highest BCUT2D eigenvalue weighted by molar-refractivity contribution is 7.88. The first-order valence-corrected chi connectivity index (χ1v) is 12.3. The first-order chi connectivity index (χ1) is 14.3. The van der Waals surface area contributed by atoms with Crippen molar-refractivity contribution in [1.82, 2.24) is 9.62 Å². The van der Waals surface area contributed by atoms with Crippen LogP contribution in [0, 0.1) is 0 Å². The summed E-state index contributed by atoms with van der Waals surface area (Å²) in [5.41, 5.74) is 1.37. The first-order valence-electron chi connectivity index (χ1n) is 10.4. The lowest BCUT2D eigenvalue weighted by atomic mass is 9.83. The van der Waals surface area contributed by atoms with Crippen LogP contribution in [0.3, 0.4) is 0 Å². The molecule has 30 heavy (non-hydrogen) atoms. The van der Waals surface area contributed by atoms with Crippen molar-refractivity contribution in [2.24, 2.45) is 0 Å². The molecule has 3 rings (SSSR count). The molecule has 0 unspecified atom stereocenters. The van der Waals surface area contributed by atoms with Gasteiger partial charge in [-0.1, -0.05) is 36.4 Å². The Morgan fingerprint density at radius 2 is 1.90 bits per heavy atom. The number of likely N-dealkylation sites (tertiary alicyclic amines) is 1. The highest BCUT2D eigenvalue weighted by Crippen LogP contribution is 2.35. The molecule has 1 aliphatic carbocycles. The Morgan fingerprint density at radius 3 is 2.47 bits per heavy atom. The van der Waals surface area contributed by atoms with Gasteiger partial charge in [0.25, 0.3) is 0 Å². The molecule has 1 heterocycles. The first kappa shape index (κ1) is 22.8. The smallest absolute Gasteiger partial charge is 0.410 e. The quantitative estimate of drug-likeness (QED) is 0.664. The Morgan fingerprint density at radius 1 is 1.23 bits per heavy atom. The van der Waals surface area contributed by atoms with Crippen LogP contribution < -0.4 is 4.72 Å². The van der Waals surface area contributed by atoms with Crippen LogP contribution in [0.2, 0.25) is 0 Å². The average molecular weight is 437 g/mol. The Hall–Kier alpha value is -1.90. The molecule has 1 N–H and O–H groups in total. The van der Waals surface area contributed by atoms with Crippen LogP contribution in [-0.4, -0.2) is 63.6 Å². The number of rotatable bonds is 7.